The molecule has 0 aromatic heterocycles. The second kappa shape index (κ2) is 19.0. The van der Waals surface area contributed by atoms with Crippen LogP contribution < -0.4 is 51.4 Å². The quantitative estimate of drug-likeness (QED) is 0.137. The summed E-state index contributed by atoms with van der Waals surface area (Å²) in [6.07, 6.45) is 11.8. The molecule has 0 N–H and O–H groups in total. The minimum absolute atomic E-state index is 0. The van der Waals surface area contributed by atoms with Crippen molar-refractivity contribution in [2.24, 2.45) is 0 Å². The molecule has 0 aliphatic heterocycles. The molecule has 0 radical (unpaired) electrons. The van der Waals surface area contributed by atoms with Crippen LogP contribution in [0.3, 0.4) is 0 Å². The summed E-state index contributed by atoms with van der Waals surface area (Å²) in [6, 6.07) is 6.04. The van der Waals surface area contributed by atoms with Gasteiger partial charge >= 0.3 is 63.3 Å². The number of hydrogen-bond donors (Lipinski definition) is 0. The Morgan fingerprint density at radius 1 is 0.818 bits per heavy atom. The molecule has 0 aliphatic carbocycles. The van der Waals surface area contributed by atoms with Crippen LogP contribution in [0.15, 0.2) is 24.3 Å². The SMILES string of the molecule is CCCCCCCCCCCCOC(=O)c1ccccc1C(=O)OCC(CC)S(=O)(=O)[O-].[K+]. The third kappa shape index (κ3) is 14.0. The minimum atomic E-state index is -4.57. The van der Waals surface area contributed by atoms with Gasteiger partial charge in [-0.3, -0.25) is 0 Å². The number of carbonyl (C=O) groups is 2. The molecule has 0 fully saturated rings. The van der Waals surface area contributed by atoms with Crippen molar-refractivity contribution >= 4 is 22.1 Å². The molecule has 1 unspecified atom stereocenters. The number of carbonyl (C=O) groups excluding carboxylic acids is 2. The molecule has 7 nitrogen and oxygen atoms in total. The van der Waals surface area contributed by atoms with Crippen molar-refractivity contribution in [1.29, 1.82) is 0 Å². The van der Waals surface area contributed by atoms with Crippen LogP contribution in [-0.2, 0) is 19.6 Å². The first-order valence-electron chi connectivity index (χ1n) is 11.7. The van der Waals surface area contributed by atoms with Crippen LogP contribution in [0.4, 0.5) is 0 Å². The molecule has 0 bridgehead atoms. The molecule has 1 aromatic carbocycles. The third-order valence-corrected chi connectivity index (χ3v) is 6.65. The maximum Gasteiger partial charge on any atom is 1.00 e. The monoisotopic (exact) mass is 508 g/mol. The summed E-state index contributed by atoms with van der Waals surface area (Å²) in [7, 11) is -4.57. The van der Waals surface area contributed by atoms with Crippen LogP contribution in [0.2, 0.25) is 0 Å². The van der Waals surface area contributed by atoms with E-state index < -0.39 is 33.9 Å². The van der Waals surface area contributed by atoms with Gasteiger partial charge in [-0.2, -0.15) is 0 Å². The number of unbranched alkanes of at least 4 members (excludes halogenated alkanes) is 9. The fraction of sp³-hybridized carbons (Fsp3) is 0.667. The van der Waals surface area contributed by atoms with Gasteiger partial charge in [-0.1, -0.05) is 83.8 Å². The van der Waals surface area contributed by atoms with E-state index in [-0.39, 0.29) is 75.5 Å². The van der Waals surface area contributed by atoms with Crippen molar-refractivity contribution in [3.05, 3.63) is 35.4 Å². The second-order valence-electron chi connectivity index (χ2n) is 7.99. The topological polar surface area (TPSA) is 110 Å². The van der Waals surface area contributed by atoms with Crippen LogP contribution in [0.25, 0.3) is 0 Å². The summed E-state index contributed by atoms with van der Waals surface area (Å²) >= 11 is 0. The van der Waals surface area contributed by atoms with Gasteiger partial charge in [0, 0.05) is 0 Å². The molecule has 33 heavy (non-hydrogen) atoms. The van der Waals surface area contributed by atoms with E-state index in [1.54, 1.807) is 12.1 Å². The van der Waals surface area contributed by atoms with Gasteiger partial charge in [-0.05, 0) is 25.0 Å². The van der Waals surface area contributed by atoms with Gasteiger partial charge in [0.15, 0.2) is 0 Å². The van der Waals surface area contributed by atoms with Crippen molar-refractivity contribution in [3.63, 3.8) is 0 Å². The Balaban J connectivity index is 0.0000102. The van der Waals surface area contributed by atoms with E-state index in [0.717, 1.165) is 19.3 Å². The van der Waals surface area contributed by atoms with Crippen molar-refractivity contribution in [1.82, 2.24) is 0 Å². The Hall–Kier alpha value is -0.294. The van der Waals surface area contributed by atoms with Gasteiger partial charge < -0.3 is 14.0 Å². The molecule has 1 rings (SSSR count). The van der Waals surface area contributed by atoms with E-state index in [2.05, 4.69) is 6.92 Å². The molecule has 182 valence electrons. The summed E-state index contributed by atoms with van der Waals surface area (Å²) in [4.78, 5) is 24.8. The molecule has 0 spiro atoms. The fourth-order valence-electron chi connectivity index (χ4n) is 3.32. The third-order valence-electron chi connectivity index (χ3n) is 5.36. The Morgan fingerprint density at radius 2 is 1.27 bits per heavy atom. The maximum atomic E-state index is 12.4. The maximum absolute atomic E-state index is 12.4. The molecule has 0 saturated heterocycles. The minimum Gasteiger partial charge on any atom is -0.748 e. The zero-order valence-electron chi connectivity index (χ0n) is 20.3. The van der Waals surface area contributed by atoms with E-state index in [9.17, 15) is 22.6 Å². The zero-order chi connectivity index (χ0) is 23.8. The van der Waals surface area contributed by atoms with E-state index in [0.29, 0.717) is 0 Å². The predicted octanol–water partition coefficient (Wildman–Crippen LogP) is 2.25. The summed E-state index contributed by atoms with van der Waals surface area (Å²) in [5.74, 6) is -1.49. The van der Waals surface area contributed by atoms with Gasteiger partial charge in [0.25, 0.3) is 0 Å². The van der Waals surface area contributed by atoms with E-state index in [1.807, 2.05) is 0 Å². The predicted molar refractivity (Wildman–Crippen MR) is 123 cm³/mol. The second-order valence-corrected chi connectivity index (χ2v) is 9.64. The van der Waals surface area contributed by atoms with Crippen LogP contribution >= 0.6 is 0 Å². The van der Waals surface area contributed by atoms with Gasteiger partial charge in [-0.15, -0.1) is 0 Å². The average Bonchev–Trinajstić information content (AvgIpc) is 2.76. The first-order chi connectivity index (χ1) is 15.3. The molecule has 0 aliphatic rings. The molecular formula is C24H37KO7S. The normalized spacial score (nSPS) is 12.0. The van der Waals surface area contributed by atoms with Gasteiger partial charge in [-0.25, -0.2) is 18.0 Å². The zero-order valence-corrected chi connectivity index (χ0v) is 24.3. The van der Waals surface area contributed by atoms with Crippen molar-refractivity contribution in [2.45, 2.75) is 89.7 Å². The smallest absolute Gasteiger partial charge is 0.748 e. The molecule has 9 heteroatoms. The number of rotatable bonds is 17. The largest absolute Gasteiger partial charge is 1.00 e. The van der Waals surface area contributed by atoms with Crippen molar-refractivity contribution in [2.75, 3.05) is 13.2 Å². The first-order valence-corrected chi connectivity index (χ1v) is 13.2. The average molecular weight is 509 g/mol. The number of ether oxygens (including phenoxy) is 2. The first kappa shape index (κ1) is 32.7. The summed E-state index contributed by atoms with van der Waals surface area (Å²) in [6.45, 7) is 3.45. The summed E-state index contributed by atoms with van der Waals surface area (Å²) < 4.78 is 43.7. The summed E-state index contributed by atoms with van der Waals surface area (Å²) in [5.41, 5.74) is 0.0429. The van der Waals surface area contributed by atoms with E-state index >= 15 is 0 Å². The van der Waals surface area contributed by atoms with Crippen LogP contribution in [-0.4, -0.2) is 43.4 Å². The van der Waals surface area contributed by atoms with Crippen LogP contribution in [0.1, 0.15) is 105 Å². The Kier molecular flexibility index (Phi) is 18.8. The molecule has 1 aromatic rings. The molecule has 1 atom stereocenters. The van der Waals surface area contributed by atoms with Crippen molar-refractivity contribution < 1.29 is 83.4 Å². The van der Waals surface area contributed by atoms with Gasteiger partial charge in [0.2, 0.25) is 0 Å². The standard InChI is InChI=1S/C24H38O7S.K/c1-3-5-6-7-8-9-10-11-12-15-18-30-23(25)21-16-13-14-17-22(21)24(26)31-19-20(4-2)32(27,28)29;/h13-14,16-17,20H,3-12,15,18-19H2,1-2H3,(H,27,28,29);/q;+1/p-1. The molecule has 0 saturated carbocycles. The van der Waals surface area contributed by atoms with Gasteiger partial charge in [0.1, 0.15) is 16.7 Å². The molecule has 0 amide bonds. The van der Waals surface area contributed by atoms with E-state index in [4.69, 9.17) is 9.47 Å². The number of esters is 2. The molecule has 0 heterocycles. The Morgan fingerprint density at radius 3 is 1.73 bits per heavy atom. The van der Waals surface area contributed by atoms with E-state index in [1.165, 1.54) is 64.0 Å². The van der Waals surface area contributed by atoms with Crippen LogP contribution in [0, 0.1) is 0 Å². The van der Waals surface area contributed by atoms with Crippen molar-refractivity contribution in [3.8, 4) is 0 Å². The van der Waals surface area contributed by atoms with Gasteiger partial charge in [0.05, 0.1) is 23.0 Å². The number of benzene rings is 1. The Labute approximate surface area is 241 Å². The summed E-state index contributed by atoms with van der Waals surface area (Å²) in [5, 5.41) is -1.32. The van der Waals surface area contributed by atoms with Crippen LogP contribution in [0.5, 0.6) is 0 Å². The fourth-order valence-corrected chi connectivity index (χ4v) is 3.97. The number of hydrogen-bond acceptors (Lipinski definition) is 7. The molecular weight excluding hydrogens is 471 g/mol. The Bertz CT molecular complexity index is 796.